The molecule has 3 aromatic rings. The van der Waals surface area contributed by atoms with E-state index in [1.165, 1.54) is 0 Å². The number of para-hydroxylation sites is 1. The highest BCUT2D eigenvalue weighted by atomic mass is 16.5. The first kappa shape index (κ1) is 16.3. The van der Waals surface area contributed by atoms with E-state index in [-0.39, 0.29) is 11.8 Å². The molecule has 0 bridgehead atoms. The molecule has 0 saturated carbocycles. The Kier molecular flexibility index (Phi) is 4.59. The Balaban J connectivity index is 1.54. The minimum Gasteiger partial charge on any atom is -0.437 e. The van der Waals surface area contributed by atoms with Gasteiger partial charge in [-0.3, -0.25) is 14.9 Å². The molecule has 1 aliphatic heterocycles. The van der Waals surface area contributed by atoms with Crippen LogP contribution in [0.3, 0.4) is 0 Å². The zero-order chi connectivity index (χ0) is 17.8. The molecule has 0 unspecified atom stereocenters. The zero-order valence-electron chi connectivity index (χ0n) is 14.2. The van der Waals surface area contributed by atoms with E-state index in [1.807, 2.05) is 35.2 Å². The van der Waals surface area contributed by atoms with E-state index >= 15 is 0 Å². The molecule has 1 atom stereocenters. The molecule has 0 aliphatic carbocycles. The molecule has 2 aromatic heterocycles. The molecule has 1 saturated heterocycles. The highest BCUT2D eigenvalue weighted by Gasteiger charge is 2.29. The van der Waals surface area contributed by atoms with Crippen LogP contribution < -0.4 is 4.74 Å². The summed E-state index contributed by atoms with van der Waals surface area (Å²) in [7, 11) is 0. The SMILES string of the molecule is O=C(c1ccn[nH]1)N1CCC[C@@H](c2nccnc2Oc2ccccc2)C1. The molecule has 0 spiro atoms. The average molecular weight is 349 g/mol. The Morgan fingerprint density at radius 3 is 2.77 bits per heavy atom. The number of amides is 1. The summed E-state index contributed by atoms with van der Waals surface area (Å²) in [6.45, 7) is 1.31. The van der Waals surface area contributed by atoms with Crippen LogP contribution in [0.4, 0.5) is 0 Å². The molecular formula is C19H19N5O2. The van der Waals surface area contributed by atoms with E-state index in [4.69, 9.17) is 4.74 Å². The van der Waals surface area contributed by atoms with E-state index in [9.17, 15) is 4.79 Å². The number of carbonyl (C=O) groups is 1. The molecule has 4 rings (SSSR count). The van der Waals surface area contributed by atoms with Crippen molar-refractivity contribution in [2.24, 2.45) is 0 Å². The summed E-state index contributed by atoms with van der Waals surface area (Å²) in [4.78, 5) is 23.3. The third kappa shape index (κ3) is 3.42. The van der Waals surface area contributed by atoms with E-state index in [0.29, 0.717) is 18.1 Å². The van der Waals surface area contributed by atoms with Gasteiger partial charge < -0.3 is 9.64 Å². The van der Waals surface area contributed by atoms with Crippen LogP contribution in [-0.2, 0) is 0 Å². The molecule has 26 heavy (non-hydrogen) atoms. The van der Waals surface area contributed by atoms with Gasteiger partial charge in [0.25, 0.3) is 5.91 Å². The second-order valence-corrected chi connectivity index (χ2v) is 6.22. The minimum atomic E-state index is -0.0402. The first-order valence-electron chi connectivity index (χ1n) is 8.64. The number of ether oxygens (including phenoxy) is 1. The van der Waals surface area contributed by atoms with Crippen LogP contribution in [0, 0.1) is 0 Å². The Labute approximate surface area is 151 Å². The van der Waals surface area contributed by atoms with Gasteiger partial charge in [-0.2, -0.15) is 5.10 Å². The highest BCUT2D eigenvalue weighted by Crippen LogP contribution is 2.32. The number of hydrogen-bond acceptors (Lipinski definition) is 5. The molecule has 1 aromatic carbocycles. The lowest BCUT2D eigenvalue weighted by Crippen LogP contribution is -2.39. The van der Waals surface area contributed by atoms with Gasteiger partial charge in [0, 0.05) is 37.6 Å². The fraction of sp³-hybridized carbons (Fsp3) is 0.263. The number of aromatic nitrogens is 4. The van der Waals surface area contributed by atoms with Crippen LogP contribution in [0.1, 0.15) is 34.9 Å². The van der Waals surface area contributed by atoms with Gasteiger partial charge in [-0.25, -0.2) is 4.98 Å². The van der Waals surface area contributed by atoms with Gasteiger partial charge >= 0.3 is 0 Å². The van der Waals surface area contributed by atoms with Gasteiger partial charge in [-0.05, 0) is 31.0 Å². The van der Waals surface area contributed by atoms with Crippen molar-refractivity contribution in [3.05, 3.63) is 66.4 Å². The summed E-state index contributed by atoms with van der Waals surface area (Å²) in [6.07, 6.45) is 6.73. The number of rotatable bonds is 4. The minimum absolute atomic E-state index is 0.0402. The second-order valence-electron chi connectivity index (χ2n) is 6.22. The molecule has 3 heterocycles. The third-order valence-corrected chi connectivity index (χ3v) is 4.48. The lowest BCUT2D eigenvalue weighted by atomic mass is 9.94. The largest absolute Gasteiger partial charge is 0.437 e. The summed E-state index contributed by atoms with van der Waals surface area (Å²) in [5.74, 6) is 1.26. The second kappa shape index (κ2) is 7.35. The lowest BCUT2D eigenvalue weighted by molar-refractivity contribution is 0.0698. The summed E-state index contributed by atoms with van der Waals surface area (Å²) in [5.41, 5.74) is 1.30. The highest BCUT2D eigenvalue weighted by molar-refractivity contribution is 5.92. The predicted octanol–water partition coefficient (Wildman–Crippen LogP) is 3.01. The van der Waals surface area contributed by atoms with Crippen LogP contribution in [0.15, 0.2) is 55.0 Å². The van der Waals surface area contributed by atoms with Gasteiger partial charge in [-0.15, -0.1) is 0 Å². The first-order chi connectivity index (χ1) is 12.8. The zero-order valence-corrected chi connectivity index (χ0v) is 14.2. The fourth-order valence-corrected chi connectivity index (χ4v) is 3.22. The smallest absolute Gasteiger partial charge is 0.271 e. The standard InChI is InChI=1S/C19H19N5O2/c25-19(16-8-9-22-23-16)24-12-4-5-14(13-24)17-18(21-11-10-20-17)26-15-6-2-1-3-7-15/h1-3,6-11,14H,4-5,12-13H2,(H,22,23)/t14-/m1/s1. The van der Waals surface area contributed by atoms with Gasteiger partial charge in [-0.1, -0.05) is 18.2 Å². The summed E-state index contributed by atoms with van der Waals surface area (Å²) >= 11 is 0. The molecule has 7 nitrogen and oxygen atoms in total. The molecule has 1 fully saturated rings. The maximum atomic E-state index is 12.6. The van der Waals surface area contributed by atoms with Crippen molar-refractivity contribution in [3.8, 4) is 11.6 Å². The first-order valence-corrected chi connectivity index (χ1v) is 8.64. The molecule has 1 N–H and O–H groups in total. The monoisotopic (exact) mass is 349 g/mol. The Morgan fingerprint density at radius 2 is 1.96 bits per heavy atom. The van der Waals surface area contributed by atoms with Gasteiger partial charge in [0.05, 0.1) is 0 Å². The number of benzene rings is 1. The van der Waals surface area contributed by atoms with Crippen molar-refractivity contribution >= 4 is 5.91 Å². The normalized spacial score (nSPS) is 17.1. The summed E-state index contributed by atoms with van der Waals surface area (Å²) in [5, 5.41) is 6.60. The molecule has 0 radical (unpaired) electrons. The van der Waals surface area contributed by atoms with Crippen molar-refractivity contribution in [1.82, 2.24) is 25.1 Å². The van der Waals surface area contributed by atoms with Crippen LogP contribution >= 0.6 is 0 Å². The molecular weight excluding hydrogens is 330 g/mol. The summed E-state index contributed by atoms with van der Waals surface area (Å²) in [6, 6.07) is 11.2. The van der Waals surface area contributed by atoms with Crippen molar-refractivity contribution in [1.29, 1.82) is 0 Å². The maximum Gasteiger partial charge on any atom is 0.271 e. The maximum absolute atomic E-state index is 12.6. The molecule has 1 aliphatic rings. The van der Waals surface area contributed by atoms with Crippen molar-refractivity contribution in [3.63, 3.8) is 0 Å². The molecule has 1 amide bonds. The van der Waals surface area contributed by atoms with E-state index < -0.39 is 0 Å². The molecule has 132 valence electrons. The van der Waals surface area contributed by atoms with Crippen LogP contribution in [0.2, 0.25) is 0 Å². The predicted molar refractivity (Wildman–Crippen MR) is 95.0 cm³/mol. The van der Waals surface area contributed by atoms with Crippen LogP contribution in [-0.4, -0.2) is 44.1 Å². The number of nitrogens with one attached hydrogen (secondary N) is 1. The molecule has 7 heteroatoms. The quantitative estimate of drug-likeness (QED) is 0.783. The average Bonchev–Trinajstić information content (AvgIpc) is 3.24. The number of H-pyrrole nitrogens is 1. The fourth-order valence-electron chi connectivity index (χ4n) is 3.22. The van der Waals surface area contributed by atoms with Crippen LogP contribution in [0.5, 0.6) is 11.6 Å². The van der Waals surface area contributed by atoms with Crippen LogP contribution in [0.25, 0.3) is 0 Å². The Morgan fingerprint density at radius 1 is 1.12 bits per heavy atom. The number of aromatic amines is 1. The van der Waals surface area contributed by atoms with E-state index in [2.05, 4.69) is 20.2 Å². The Hall–Kier alpha value is -3.22. The number of likely N-dealkylation sites (tertiary alicyclic amines) is 1. The van der Waals surface area contributed by atoms with Gasteiger partial charge in [0.15, 0.2) is 0 Å². The number of nitrogens with zero attached hydrogens (tertiary/aromatic N) is 4. The summed E-state index contributed by atoms with van der Waals surface area (Å²) < 4.78 is 5.94. The number of piperidine rings is 1. The van der Waals surface area contributed by atoms with E-state index in [0.717, 1.165) is 30.8 Å². The third-order valence-electron chi connectivity index (χ3n) is 4.48. The van der Waals surface area contributed by atoms with Gasteiger partial charge in [0.2, 0.25) is 5.88 Å². The van der Waals surface area contributed by atoms with E-state index in [1.54, 1.807) is 24.7 Å². The number of hydrogen-bond donors (Lipinski definition) is 1. The van der Waals surface area contributed by atoms with Crippen molar-refractivity contribution in [2.45, 2.75) is 18.8 Å². The topological polar surface area (TPSA) is 84.0 Å². The van der Waals surface area contributed by atoms with Gasteiger partial charge in [0.1, 0.15) is 17.1 Å². The Bertz CT molecular complexity index is 867. The van der Waals surface area contributed by atoms with Crippen molar-refractivity contribution < 1.29 is 9.53 Å². The number of carbonyl (C=O) groups excluding carboxylic acids is 1. The van der Waals surface area contributed by atoms with Crippen molar-refractivity contribution in [2.75, 3.05) is 13.1 Å². The lowest BCUT2D eigenvalue weighted by Gasteiger charge is -2.32.